The number of aliphatic carboxylic acids is 12. The highest BCUT2D eigenvalue weighted by Gasteiger charge is 2.49. The Labute approximate surface area is 401 Å². The molecule has 0 unspecified atom stereocenters. The van der Waals surface area contributed by atoms with Gasteiger partial charge < -0.3 is 76.4 Å². The molecule has 0 fully saturated rings. The van der Waals surface area contributed by atoms with E-state index in [0.29, 0.717) is 0 Å². The molecular formula is C33H45BF6N6O27. The first-order chi connectivity index (χ1) is 32.8. The molecule has 3 aromatic heterocycles. The van der Waals surface area contributed by atoms with E-state index in [1.54, 1.807) is 0 Å². The number of aryl methyl sites for hydroxylation is 6. The first-order valence-corrected chi connectivity index (χ1v) is 17.8. The van der Waals surface area contributed by atoms with Gasteiger partial charge in [0.05, 0.1) is 21.1 Å². The normalized spacial score (nSPS) is 9.41. The molecule has 0 aliphatic rings. The smallest absolute Gasteiger partial charge is 0.436 e. The first kappa shape index (κ1) is 78.0. The maximum Gasteiger partial charge on any atom is 0.436 e. The van der Waals surface area contributed by atoms with Gasteiger partial charge in [-0.05, 0) is 0 Å². The lowest BCUT2D eigenvalue weighted by Crippen LogP contribution is -2.56. The summed E-state index contributed by atoms with van der Waals surface area (Å²) in [6, 6.07) is 0. The maximum absolute atomic E-state index is 11.5. The van der Waals surface area contributed by atoms with E-state index >= 15 is 0 Å². The van der Waals surface area contributed by atoms with Gasteiger partial charge >= 0.3 is 89.4 Å². The van der Waals surface area contributed by atoms with E-state index in [1.807, 2.05) is 58.3 Å². The number of H-pyrrole nitrogens is 3. The van der Waals surface area contributed by atoms with Crippen LogP contribution in [0, 0.1) is 0 Å². The van der Waals surface area contributed by atoms with Gasteiger partial charge in [0, 0.05) is 19.3 Å². The van der Waals surface area contributed by atoms with E-state index in [2.05, 4.69) is 49.4 Å². The summed E-state index contributed by atoms with van der Waals surface area (Å²) < 4.78 is 75.1. The molecule has 0 atom stereocenters. The van der Waals surface area contributed by atoms with Crippen LogP contribution in [0.3, 0.4) is 0 Å². The van der Waals surface area contributed by atoms with Gasteiger partial charge in [-0.15, -0.1) is 0 Å². The Morgan fingerprint density at radius 1 is 0.397 bits per heavy atom. The van der Waals surface area contributed by atoms with Crippen LogP contribution in [-0.2, 0) is 97.9 Å². The number of rotatable bonds is 9. The van der Waals surface area contributed by atoms with Gasteiger partial charge in [0.2, 0.25) is 0 Å². The van der Waals surface area contributed by atoms with Crippen molar-refractivity contribution in [3.05, 3.63) is 54.7 Å². The lowest BCUT2D eigenvalue weighted by molar-refractivity contribution is -0.677. The van der Waals surface area contributed by atoms with Crippen LogP contribution in [0.4, 0.5) is 26.3 Å². The number of aromatic nitrogens is 6. The van der Waals surface area contributed by atoms with Crippen molar-refractivity contribution in [2.45, 2.75) is 57.8 Å². The third-order valence-corrected chi connectivity index (χ3v) is 6.09. The fraction of sp³-hybridized carbons (Fsp3) is 0.364. The van der Waals surface area contributed by atoms with E-state index in [-0.39, 0.29) is 0 Å². The third kappa shape index (κ3) is 41.5. The van der Waals surface area contributed by atoms with E-state index in [1.165, 1.54) is 17.5 Å². The molecule has 3 aromatic rings. The van der Waals surface area contributed by atoms with Crippen LogP contribution in [0.1, 0.15) is 38.2 Å². The number of imidazole rings is 3. The van der Waals surface area contributed by atoms with Gasteiger partial charge in [-0.25, -0.2) is 86.2 Å². The molecule has 0 bridgehead atoms. The van der Waals surface area contributed by atoms with Crippen molar-refractivity contribution < 1.29 is 174 Å². The van der Waals surface area contributed by atoms with Crippen LogP contribution in [0.15, 0.2) is 37.2 Å². The standard InChI is InChI=1S/3C6H10N2.3C3H2F2O4.3C2H2O4.BO3/c3*1-3-6-7-4-5-8(6)2;3*4-3(5,1(6)7)2(8)9;3*3-1(4)2(5)6;2-1(3)4/h3*4-5H,3H2,1-2H3;3*(H,6,7)(H,8,9);3*(H,3,4)(H,5,6);/q;;;;;;;;;-3/p+3. The number of alkyl halides is 6. The fourth-order valence-corrected chi connectivity index (χ4v) is 2.64. The summed E-state index contributed by atoms with van der Waals surface area (Å²) in [6.07, 6.45) is 15.1. The molecule has 0 amide bonds. The number of nitrogens with one attached hydrogen (secondary N) is 3. The number of hydrogen-bond acceptors (Lipinski definition) is 15. The summed E-state index contributed by atoms with van der Waals surface area (Å²) in [5, 5.41) is 114. The van der Waals surface area contributed by atoms with Crippen LogP contribution in [0.5, 0.6) is 0 Å². The highest BCUT2D eigenvalue weighted by Crippen LogP contribution is 2.13. The van der Waals surface area contributed by atoms with Crippen LogP contribution >= 0.6 is 0 Å². The van der Waals surface area contributed by atoms with Crippen molar-refractivity contribution in [2.24, 2.45) is 21.1 Å². The van der Waals surface area contributed by atoms with Crippen molar-refractivity contribution in [2.75, 3.05) is 0 Å². The number of carboxylic acid groups (broad SMARTS) is 12. The highest BCUT2D eigenvalue weighted by molar-refractivity contribution is 6.28. The second kappa shape index (κ2) is 39.6. The molecular weight excluding hydrogens is 1040 g/mol. The van der Waals surface area contributed by atoms with Crippen LogP contribution in [0.2, 0.25) is 0 Å². The Morgan fingerprint density at radius 3 is 0.548 bits per heavy atom. The molecule has 15 N–H and O–H groups in total. The van der Waals surface area contributed by atoms with Gasteiger partial charge in [-0.2, -0.15) is 26.3 Å². The van der Waals surface area contributed by atoms with Gasteiger partial charge in [-0.1, -0.05) is 20.8 Å². The molecule has 0 aliphatic heterocycles. The van der Waals surface area contributed by atoms with Crippen molar-refractivity contribution in [1.29, 1.82) is 0 Å². The summed E-state index contributed by atoms with van der Waals surface area (Å²) in [6.45, 7) is 6.39. The Hall–Kier alpha value is -9.21. The molecule has 0 spiro atoms. The summed E-state index contributed by atoms with van der Waals surface area (Å²) in [4.78, 5) is 120. The van der Waals surface area contributed by atoms with E-state index < -0.39 is 96.7 Å². The Morgan fingerprint density at radius 2 is 0.521 bits per heavy atom. The van der Waals surface area contributed by atoms with Crippen molar-refractivity contribution in [1.82, 2.24) is 15.0 Å². The van der Waals surface area contributed by atoms with Gasteiger partial charge in [0.25, 0.3) is 17.5 Å². The predicted molar refractivity (Wildman–Crippen MR) is 206 cm³/mol. The lowest BCUT2D eigenvalue weighted by Gasteiger charge is -2.35. The molecule has 40 heteroatoms. The molecule has 0 saturated carbocycles. The summed E-state index contributed by atoms with van der Waals surface area (Å²) in [5.74, 6) is -37.1. The number of carbonyl (C=O) groups is 12. The summed E-state index contributed by atoms with van der Waals surface area (Å²) >= 11 is 0. The second-order valence-corrected chi connectivity index (χ2v) is 11.3. The minimum absolute atomic E-state index is 1.07. The largest absolute Gasteiger partial charge is 0.907 e. The van der Waals surface area contributed by atoms with Crippen LogP contribution < -0.4 is 28.8 Å². The Balaban J connectivity index is -0.000000134. The van der Waals surface area contributed by atoms with Gasteiger partial charge in [-0.3, -0.25) is 7.32 Å². The average Bonchev–Trinajstić information content (AvgIpc) is 4.01. The molecule has 3 rings (SSSR count). The second-order valence-electron chi connectivity index (χ2n) is 11.3. The zero-order valence-corrected chi connectivity index (χ0v) is 37.8. The molecule has 414 valence electrons. The minimum Gasteiger partial charge on any atom is -0.907 e. The van der Waals surface area contributed by atoms with E-state index in [9.17, 15) is 55.1 Å². The van der Waals surface area contributed by atoms with Crippen LogP contribution in [0.25, 0.3) is 0 Å². The molecule has 33 nitrogen and oxygen atoms in total. The van der Waals surface area contributed by atoms with Gasteiger partial charge in [0.1, 0.15) is 37.2 Å². The SMILES string of the molecule is CCc1[nH]cc[n+]1C.CCc1[nH]cc[n+]1C.CCc1[nH]cc[n+]1C.O=C(O)C(=O)O.O=C(O)C(=O)O.O=C(O)C(=O)O.O=C(O)C(F)(F)C(=O)O.O=C(O)C(F)(F)C(=O)O.O=C(O)C(F)(F)C(=O)O.[O-]B([O-])[O-]. The molecule has 0 aliphatic carbocycles. The zero-order chi connectivity index (χ0) is 60.0. The minimum atomic E-state index is -4.67. The first-order valence-electron chi connectivity index (χ1n) is 17.8. The fourth-order valence-electron chi connectivity index (χ4n) is 2.64. The topological polar surface area (TPSA) is 576 Å². The Kier molecular flexibility index (Phi) is 42.3. The quantitative estimate of drug-likeness (QED) is 0.0312. The molecule has 73 heavy (non-hydrogen) atoms. The predicted octanol–water partition coefficient (Wildman–Crippen LogP) is -5.90. The van der Waals surface area contributed by atoms with E-state index in [0.717, 1.165) is 19.3 Å². The summed E-state index contributed by atoms with van der Waals surface area (Å²) in [5.41, 5.74) is 0. The monoisotopic (exact) mass is 1080 g/mol. The number of nitrogens with zero attached hydrogens (tertiary/aromatic N) is 3. The Bertz CT molecular complexity index is 1920. The van der Waals surface area contributed by atoms with Crippen molar-refractivity contribution in [3.63, 3.8) is 0 Å². The van der Waals surface area contributed by atoms with Crippen molar-refractivity contribution >= 4 is 79.0 Å². The van der Waals surface area contributed by atoms with E-state index in [4.69, 9.17) is 105 Å². The average molecular weight is 1080 g/mol. The third-order valence-electron chi connectivity index (χ3n) is 6.09. The number of hydrogen-bond donors (Lipinski definition) is 15. The molecule has 0 aromatic carbocycles. The van der Waals surface area contributed by atoms with Crippen molar-refractivity contribution in [3.8, 4) is 0 Å². The zero-order valence-electron chi connectivity index (χ0n) is 37.8. The number of halogens is 6. The summed E-state index contributed by atoms with van der Waals surface area (Å²) in [7, 11) is 3.19. The molecule has 0 saturated heterocycles. The highest BCUT2D eigenvalue weighted by atomic mass is 19.3. The van der Waals surface area contributed by atoms with Crippen LogP contribution in [-0.4, -0.2) is 173 Å². The molecule has 3 heterocycles. The van der Waals surface area contributed by atoms with Gasteiger partial charge in [0.15, 0.2) is 0 Å². The lowest BCUT2D eigenvalue weighted by atomic mass is 10.3. The molecule has 0 radical (unpaired) electrons. The maximum atomic E-state index is 11.5. The number of aromatic amines is 3. The number of carboxylic acids is 12.